The third kappa shape index (κ3) is 9.68. The normalized spacial score (nSPS) is 23.7. The van der Waals surface area contributed by atoms with Gasteiger partial charge in [0.25, 0.3) is 0 Å². The third-order valence-electron chi connectivity index (χ3n) is 13.5. The number of hydrogen-bond donors (Lipinski definition) is 0. The van der Waals surface area contributed by atoms with Gasteiger partial charge in [-0.05, 0) is 95.7 Å². The smallest absolute Gasteiger partial charge is 0.122 e. The lowest BCUT2D eigenvalue weighted by Crippen LogP contribution is -2.49. The van der Waals surface area contributed by atoms with E-state index in [1.807, 2.05) is 17.4 Å². The van der Waals surface area contributed by atoms with Gasteiger partial charge in [-0.1, -0.05) is 86.3 Å². The molecule has 0 N–H and O–H groups in total. The molecule has 294 valence electrons. The van der Waals surface area contributed by atoms with Gasteiger partial charge in [-0.15, -0.1) is 11.3 Å². The summed E-state index contributed by atoms with van der Waals surface area (Å²) in [6, 6.07) is 33.4. The maximum Gasteiger partial charge on any atom is 0.122 e. The minimum absolute atomic E-state index is 0.465. The molecule has 4 atom stereocenters. The molecule has 4 aromatic rings. The highest BCUT2D eigenvalue weighted by Gasteiger charge is 2.37. The van der Waals surface area contributed by atoms with E-state index in [1.165, 1.54) is 100.0 Å². The average molecular weight is 761 g/mol. The Morgan fingerprint density at radius 3 is 1.87 bits per heavy atom. The van der Waals surface area contributed by atoms with Crippen LogP contribution < -0.4 is 9.47 Å². The molecule has 3 aromatic carbocycles. The SMILES string of the molecule is COc1cc(CN2CCN(C(c3ccccc3)C3CCCC(c4cccc(C(C5CCCCC5)N5CCN(Cc6cccs6)CC5)c4)C3)CC2)cc(OC)c1. The molecule has 4 fully saturated rings. The summed E-state index contributed by atoms with van der Waals surface area (Å²) in [6.07, 6.45) is 12.2. The van der Waals surface area contributed by atoms with Crippen molar-refractivity contribution in [3.8, 4) is 11.5 Å². The van der Waals surface area contributed by atoms with Gasteiger partial charge < -0.3 is 9.47 Å². The first-order valence-electron chi connectivity index (χ1n) is 21.5. The molecule has 3 heterocycles. The fourth-order valence-corrected chi connectivity index (χ4v) is 11.5. The molecule has 55 heavy (non-hydrogen) atoms. The molecule has 6 nitrogen and oxygen atoms in total. The Bertz CT molecular complexity index is 1720. The fraction of sp³-hybridized carbons (Fsp3) is 0.542. The van der Waals surface area contributed by atoms with Crippen molar-refractivity contribution in [2.45, 2.75) is 88.9 Å². The molecule has 4 unspecified atom stereocenters. The first-order chi connectivity index (χ1) is 27.1. The van der Waals surface area contributed by atoms with Crippen LogP contribution in [0.3, 0.4) is 0 Å². The maximum absolute atomic E-state index is 5.57. The van der Waals surface area contributed by atoms with Crippen LogP contribution >= 0.6 is 11.3 Å². The molecule has 7 heteroatoms. The number of nitrogens with zero attached hydrogens (tertiary/aromatic N) is 4. The van der Waals surface area contributed by atoms with Gasteiger partial charge in [-0.3, -0.25) is 19.6 Å². The molecule has 0 radical (unpaired) electrons. The van der Waals surface area contributed by atoms with Crippen molar-refractivity contribution in [2.24, 2.45) is 11.8 Å². The van der Waals surface area contributed by atoms with Crippen LogP contribution in [0.5, 0.6) is 11.5 Å². The van der Waals surface area contributed by atoms with E-state index in [0.29, 0.717) is 23.9 Å². The summed E-state index contributed by atoms with van der Waals surface area (Å²) >= 11 is 1.90. The van der Waals surface area contributed by atoms with Crippen LogP contribution in [-0.4, -0.2) is 86.2 Å². The van der Waals surface area contributed by atoms with Crippen molar-refractivity contribution in [1.29, 1.82) is 0 Å². The van der Waals surface area contributed by atoms with Crippen molar-refractivity contribution in [3.63, 3.8) is 0 Å². The molecule has 1 aromatic heterocycles. The van der Waals surface area contributed by atoms with E-state index in [0.717, 1.165) is 56.7 Å². The Morgan fingerprint density at radius 2 is 1.22 bits per heavy atom. The van der Waals surface area contributed by atoms with Gasteiger partial charge in [0.15, 0.2) is 0 Å². The topological polar surface area (TPSA) is 31.4 Å². The fourth-order valence-electron chi connectivity index (χ4n) is 10.7. The van der Waals surface area contributed by atoms with Gasteiger partial charge in [0.05, 0.1) is 14.2 Å². The van der Waals surface area contributed by atoms with Gasteiger partial charge in [-0.2, -0.15) is 0 Å². The molecule has 0 bridgehead atoms. The second kappa shape index (κ2) is 18.8. The zero-order valence-corrected chi connectivity index (χ0v) is 34.3. The second-order valence-corrected chi connectivity index (χ2v) is 17.9. The summed E-state index contributed by atoms with van der Waals surface area (Å²) in [4.78, 5) is 12.5. The first-order valence-corrected chi connectivity index (χ1v) is 22.3. The van der Waals surface area contributed by atoms with Gasteiger partial charge >= 0.3 is 0 Å². The monoisotopic (exact) mass is 760 g/mol. The van der Waals surface area contributed by atoms with Gasteiger partial charge in [0.1, 0.15) is 11.5 Å². The summed E-state index contributed by atoms with van der Waals surface area (Å²) in [5, 5.41) is 2.22. The van der Waals surface area contributed by atoms with Crippen LogP contribution in [0.15, 0.2) is 90.3 Å². The summed E-state index contributed by atoms with van der Waals surface area (Å²) in [5.41, 5.74) is 5.96. The largest absolute Gasteiger partial charge is 0.497 e. The number of methoxy groups -OCH3 is 2. The number of benzene rings is 3. The maximum atomic E-state index is 5.57. The minimum Gasteiger partial charge on any atom is -0.497 e. The molecule has 2 aliphatic heterocycles. The standard InChI is InChI=1S/C48H64N4O2S/c1-53-44-30-37(31-45(34-44)54-2)35-49-21-25-51(26-22-49)47(38-12-5-3-6-13-38)42-18-9-16-40(32-42)41-17-10-19-43(33-41)48(39-14-7-4-8-15-39)52-27-23-50(24-28-52)36-46-20-11-29-55-46/h3,5-6,10-13,17,19-20,29-31,33-34,39-40,42,47-48H,4,7-9,14-16,18,21-28,32,35-36H2,1-2H3. The number of piperazine rings is 2. The van der Waals surface area contributed by atoms with E-state index in [2.05, 4.69) is 104 Å². The summed E-state index contributed by atoms with van der Waals surface area (Å²) < 4.78 is 11.1. The molecule has 4 aliphatic rings. The highest BCUT2D eigenvalue weighted by Crippen LogP contribution is 2.46. The predicted octanol–water partition coefficient (Wildman–Crippen LogP) is 10.0. The number of ether oxygens (including phenoxy) is 2. The summed E-state index contributed by atoms with van der Waals surface area (Å²) in [7, 11) is 3.47. The molecule has 2 aliphatic carbocycles. The van der Waals surface area contributed by atoms with Gasteiger partial charge in [-0.25, -0.2) is 0 Å². The lowest BCUT2D eigenvalue weighted by atomic mass is 9.72. The Balaban J connectivity index is 0.963. The zero-order chi connectivity index (χ0) is 37.4. The first kappa shape index (κ1) is 38.7. The van der Waals surface area contributed by atoms with Crippen LogP contribution in [0.2, 0.25) is 0 Å². The molecular weight excluding hydrogens is 697 g/mol. The molecule has 0 amide bonds. The molecule has 2 saturated carbocycles. The van der Waals surface area contributed by atoms with E-state index in [1.54, 1.807) is 25.3 Å². The van der Waals surface area contributed by atoms with E-state index < -0.39 is 0 Å². The second-order valence-electron chi connectivity index (χ2n) is 16.9. The summed E-state index contributed by atoms with van der Waals surface area (Å²) in [5.74, 6) is 3.79. The lowest BCUT2D eigenvalue weighted by Gasteiger charge is -2.45. The van der Waals surface area contributed by atoms with Crippen LogP contribution in [0.1, 0.15) is 103 Å². The van der Waals surface area contributed by atoms with Crippen molar-refractivity contribution in [3.05, 3.63) is 117 Å². The highest BCUT2D eigenvalue weighted by molar-refractivity contribution is 7.09. The van der Waals surface area contributed by atoms with Crippen molar-refractivity contribution < 1.29 is 9.47 Å². The Hall–Kier alpha value is -3.20. The van der Waals surface area contributed by atoms with Crippen molar-refractivity contribution in [1.82, 2.24) is 19.6 Å². The lowest BCUT2D eigenvalue weighted by molar-refractivity contribution is 0.0517. The van der Waals surface area contributed by atoms with E-state index in [-0.39, 0.29) is 0 Å². The molecular formula is C48H64N4O2S. The van der Waals surface area contributed by atoms with E-state index in [9.17, 15) is 0 Å². The Kier molecular flexibility index (Phi) is 13.2. The Labute approximate surface area is 335 Å². The van der Waals surface area contributed by atoms with Gasteiger partial charge in [0.2, 0.25) is 0 Å². The van der Waals surface area contributed by atoms with Gasteiger partial charge in [0, 0.05) is 88.5 Å². The molecule has 8 rings (SSSR count). The summed E-state index contributed by atoms with van der Waals surface area (Å²) in [6.45, 7) is 11.1. The number of rotatable bonds is 13. The van der Waals surface area contributed by atoms with Crippen LogP contribution in [0, 0.1) is 11.8 Å². The molecule has 0 spiro atoms. The average Bonchev–Trinajstić information content (AvgIpc) is 3.76. The number of thiophene rings is 1. The number of hydrogen-bond acceptors (Lipinski definition) is 7. The Morgan fingerprint density at radius 1 is 0.582 bits per heavy atom. The third-order valence-corrected chi connectivity index (χ3v) is 14.4. The van der Waals surface area contributed by atoms with E-state index in [4.69, 9.17) is 9.47 Å². The van der Waals surface area contributed by atoms with E-state index >= 15 is 0 Å². The zero-order valence-electron chi connectivity index (χ0n) is 33.5. The van der Waals surface area contributed by atoms with Crippen molar-refractivity contribution in [2.75, 3.05) is 66.6 Å². The van der Waals surface area contributed by atoms with Crippen molar-refractivity contribution >= 4 is 11.3 Å². The minimum atomic E-state index is 0.465. The predicted molar refractivity (Wildman–Crippen MR) is 227 cm³/mol. The van der Waals surface area contributed by atoms with Crippen LogP contribution in [-0.2, 0) is 13.1 Å². The van der Waals surface area contributed by atoms with Crippen LogP contribution in [0.25, 0.3) is 0 Å². The quantitative estimate of drug-likeness (QED) is 0.135. The van der Waals surface area contributed by atoms with Crippen LogP contribution in [0.4, 0.5) is 0 Å². The highest BCUT2D eigenvalue weighted by atomic mass is 32.1. The molecule has 2 saturated heterocycles.